The van der Waals surface area contributed by atoms with E-state index >= 15 is 0 Å². The number of ether oxygens (including phenoxy) is 2. The number of benzene rings is 1. The Hall–Kier alpha value is -1.17. The Morgan fingerprint density at radius 3 is 2.48 bits per heavy atom. The lowest BCUT2D eigenvalue weighted by molar-refractivity contribution is 0.0477. The number of hydrogen-bond acceptors (Lipinski definition) is 5. The van der Waals surface area contributed by atoms with Gasteiger partial charge in [-0.3, -0.25) is 0 Å². The molecule has 0 unspecified atom stereocenters. The summed E-state index contributed by atoms with van der Waals surface area (Å²) < 4.78 is 10.7. The summed E-state index contributed by atoms with van der Waals surface area (Å²) in [5.74, 6) is 0.102. The molecule has 0 heterocycles. The number of carbonyl (C=O) groups excluding carboxylic acids is 1. The van der Waals surface area contributed by atoms with Gasteiger partial charge in [0.1, 0.15) is 17.9 Å². The quantitative estimate of drug-likeness (QED) is 0.611. The van der Waals surface area contributed by atoms with E-state index in [4.69, 9.17) is 15.2 Å². The number of hydrogen-bond donors (Lipinski definition) is 1. The Bertz CT molecular complexity index is 429. The highest BCUT2D eigenvalue weighted by molar-refractivity contribution is 5.93. The molecular weight excluding hydrogens is 315 g/mol. The number of rotatable bonds is 7. The molecule has 122 valence electrons. The van der Waals surface area contributed by atoms with Crippen LogP contribution in [-0.2, 0) is 4.74 Å². The third kappa shape index (κ3) is 7.99. The van der Waals surface area contributed by atoms with Gasteiger partial charge in [0.05, 0.1) is 6.61 Å². The smallest absolute Gasteiger partial charge is 0.341 e. The molecule has 21 heavy (non-hydrogen) atoms. The number of esters is 1. The summed E-state index contributed by atoms with van der Waals surface area (Å²) in [6, 6.07) is 4.96. The van der Waals surface area contributed by atoms with Crippen LogP contribution in [0.4, 0.5) is 5.69 Å². The summed E-state index contributed by atoms with van der Waals surface area (Å²) in [6.07, 6.45) is 0.865. The number of nitrogen functional groups attached to an aromatic ring is 1. The van der Waals surface area contributed by atoms with Crippen LogP contribution in [0, 0.1) is 0 Å². The molecule has 0 spiro atoms. The van der Waals surface area contributed by atoms with Gasteiger partial charge in [-0.25, -0.2) is 4.79 Å². The largest absolute Gasteiger partial charge is 0.493 e. The lowest BCUT2D eigenvalue weighted by Crippen LogP contribution is -2.20. The van der Waals surface area contributed by atoms with Gasteiger partial charge in [0.15, 0.2) is 0 Å². The van der Waals surface area contributed by atoms with E-state index in [9.17, 15) is 4.79 Å². The second-order valence-electron chi connectivity index (χ2n) is 4.54. The molecule has 0 saturated heterocycles. The standard InChI is InChI=1S/C14H22N2O3.2ClH/c1-4-8-18-13-10-11(15)5-6-12(13)14(17)19-9-7-16(2)3;;/h5-6,10H,4,7-9,15H2,1-3H3;2*1H. The molecule has 1 rings (SSSR count). The lowest BCUT2D eigenvalue weighted by Gasteiger charge is -2.13. The fraction of sp³-hybridized carbons (Fsp3) is 0.500. The van der Waals surface area contributed by atoms with E-state index in [1.165, 1.54) is 0 Å². The van der Waals surface area contributed by atoms with Crippen molar-refractivity contribution in [3.8, 4) is 5.75 Å². The average Bonchev–Trinajstić information content (AvgIpc) is 2.35. The maximum atomic E-state index is 12.0. The summed E-state index contributed by atoms with van der Waals surface area (Å²) in [5.41, 5.74) is 6.68. The van der Waals surface area contributed by atoms with Crippen LogP contribution in [0.1, 0.15) is 23.7 Å². The Balaban J connectivity index is 0. The van der Waals surface area contributed by atoms with Crippen molar-refractivity contribution in [2.75, 3.05) is 39.6 Å². The Morgan fingerprint density at radius 1 is 1.24 bits per heavy atom. The van der Waals surface area contributed by atoms with Gasteiger partial charge in [0.2, 0.25) is 0 Å². The summed E-state index contributed by atoms with van der Waals surface area (Å²) in [6.45, 7) is 3.58. The maximum absolute atomic E-state index is 12.0. The summed E-state index contributed by atoms with van der Waals surface area (Å²) in [7, 11) is 3.85. The molecule has 0 aliphatic heterocycles. The van der Waals surface area contributed by atoms with Crippen LogP contribution in [-0.4, -0.2) is 44.7 Å². The van der Waals surface area contributed by atoms with Gasteiger partial charge in [-0.1, -0.05) is 6.92 Å². The summed E-state index contributed by atoms with van der Waals surface area (Å²) in [4.78, 5) is 13.9. The summed E-state index contributed by atoms with van der Waals surface area (Å²) >= 11 is 0. The van der Waals surface area contributed by atoms with Crippen molar-refractivity contribution in [3.05, 3.63) is 23.8 Å². The molecule has 0 bridgehead atoms. The molecule has 5 nitrogen and oxygen atoms in total. The molecule has 0 amide bonds. The highest BCUT2D eigenvalue weighted by atomic mass is 35.5. The second kappa shape index (κ2) is 11.5. The highest BCUT2D eigenvalue weighted by Gasteiger charge is 2.14. The van der Waals surface area contributed by atoms with Crippen LogP contribution in [0.3, 0.4) is 0 Å². The van der Waals surface area contributed by atoms with Crippen molar-refractivity contribution in [2.24, 2.45) is 0 Å². The third-order valence-corrected chi connectivity index (χ3v) is 2.46. The molecular formula is C14H24Cl2N2O3. The van der Waals surface area contributed by atoms with E-state index in [-0.39, 0.29) is 30.8 Å². The number of nitrogens with two attached hydrogens (primary N) is 1. The minimum atomic E-state index is -0.382. The van der Waals surface area contributed by atoms with E-state index in [0.717, 1.165) is 6.42 Å². The first-order valence-corrected chi connectivity index (χ1v) is 6.38. The van der Waals surface area contributed by atoms with Gasteiger partial charge in [0.25, 0.3) is 0 Å². The topological polar surface area (TPSA) is 64.8 Å². The van der Waals surface area contributed by atoms with Crippen LogP contribution in [0.2, 0.25) is 0 Å². The SMILES string of the molecule is CCCOc1cc(N)ccc1C(=O)OCCN(C)C.Cl.Cl. The van der Waals surface area contributed by atoms with Gasteiger partial charge in [0, 0.05) is 18.3 Å². The van der Waals surface area contributed by atoms with Gasteiger partial charge in [-0.2, -0.15) is 0 Å². The van der Waals surface area contributed by atoms with Crippen LogP contribution >= 0.6 is 24.8 Å². The Morgan fingerprint density at radius 2 is 1.90 bits per heavy atom. The zero-order valence-electron chi connectivity index (χ0n) is 12.6. The zero-order chi connectivity index (χ0) is 14.3. The van der Waals surface area contributed by atoms with E-state index in [2.05, 4.69) is 0 Å². The average molecular weight is 339 g/mol. The van der Waals surface area contributed by atoms with Crippen LogP contribution in [0.25, 0.3) is 0 Å². The van der Waals surface area contributed by atoms with E-state index in [1.54, 1.807) is 18.2 Å². The fourth-order valence-electron chi connectivity index (χ4n) is 1.44. The highest BCUT2D eigenvalue weighted by Crippen LogP contribution is 2.23. The predicted molar refractivity (Wildman–Crippen MR) is 90.0 cm³/mol. The van der Waals surface area contributed by atoms with E-state index in [0.29, 0.717) is 36.8 Å². The van der Waals surface area contributed by atoms with Gasteiger partial charge >= 0.3 is 5.97 Å². The normalized spacial score (nSPS) is 9.52. The first kappa shape index (κ1) is 22.1. The van der Waals surface area contributed by atoms with E-state index in [1.807, 2.05) is 25.9 Å². The van der Waals surface area contributed by atoms with Crippen molar-refractivity contribution >= 4 is 36.5 Å². The summed E-state index contributed by atoms with van der Waals surface area (Å²) in [5, 5.41) is 0. The van der Waals surface area contributed by atoms with Crippen molar-refractivity contribution in [2.45, 2.75) is 13.3 Å². The Labute approximate surface area is 138 Å². The van der Waals surface area contributed by atoms with Crippen molar-refractivity contribution in [1.82, 2.24) is 4.90 Å². The number of nitrogens with zero attached hydrogens (tertiary/aromatic N) is 1. The molecule has 2 N–H and O–H groups in total. The molecule has 0 fully saturated rings. The molecule has 7 heteroatoms. The van der Waals surface area contributed by atoms with Crippen molar-refractivity contribution < 1.29 is 14.3 Å². The molecule has 1 aromatic rings. The minimum Gasteiger partial charge on any atom is -0.493 e. The van der Waals surface area contributed by atoms with Crippen LogP contribution in [0.5, 0.6) is 5.75 Å². The molecule has 0 aliphatic carbocycles. The van der Waals surface area contributed by atoms with Gasteiger partial charge < -0.3 is 20.1 Å². The lowest BCUT2D eigenvalue weighted by atomic mass is 10.2. The van der Waals surface area contributed by atoms with Gasteiger partial charge in [-0.15, -0.1) is 24.8 Å². The minimum absolute atomic E-state index is 0. The first-order chi connectivity index (χ1) is 9.04. The number of likely N-dealkylation sites (N-methyl/N-ethyl adjacent to an activating group) is 1. The number of halogens is 2. The second-order valence-corrected chi connectivity index (χ2v) is 4.54. The monoisotopic (exact) mass is 338 g/mol. The predicted octanol–water partition coefficient (Wildman–Crippen LogP) is 2.62. The van der Waals surface area contributed by atoms with E-state index < -0.39 is 0 Å². The molecule has 0 aromatic heterocycles. The third-order valence-electron chi connectivity index (χ3n) is 2.46. The molecule has 0 saturated carbocycles. The molecule has 0 radical (unpaired) electrons. The van der Waals surface area contributed by atoms with Crippen LogP contribution in [0.15, 0.2) is 18.2 Å². The number of carbonyl (C=O) groups is 1. The van der Waals surface area contributed by atoms with Crippen molar-refractivity contribution in [3.63, 3.8) is 0 Å². The van der Waals surface area contributed by atoms with Crippen LogP contribution < -0.4 is 10.5 Å². The zero-order valence-corrected chi connectivity index (χ0v) is 14.3. The molecule has 0 aliphatic rings. The Kier molecular flexibility index (Phi) is 12.1. The first-order valence-electron chi connectivity index (χ1n) is 6.38. The van der Waals surface area contributed by atoms with Gasteiger partial charge in [-0.05, 0) is 32.6 Å². The molecule has 1 aromatic carbocycles. The fourth-order valence-corrected chi connectivity index (χ4v) is 1.44. The number of anilines is 1. The van der Waals surface area contributed by atoms with Crippen molar-refractivity contribution in [1.29, 1.82) is 0 Å². The maximum Gasteiger partial charge on any atom is 0.341 e. The molecule has 0 atom stereocenters.